The smallest absolute Gasteiger partial charge is 0.326 e. The number of rotatable bonds is 6. The molecule has 0 fully saturated rings. The van der Waals surface area contributed by atoms with Gasteiger partial charge in [-0.05, 0) is 38.0 Å². The van der Waals surface area contributed by atoms with Gasteiger partial charge in [0.15, 0.2) is 0 Å². The van der Waals surface area contributed by atoms with E-state index in [0.717, 1.165) is 10.4 Å². The van der Waals surface area contributed by atoms with Gasteiger partial charge in [-0.3, -0.25) is 9.59 Å². The second-order valence-corrected chi connectivity index (χ2v) is 8.37. The highest BCUT2D eigenvalue weighted by Gasteiger charge is 2.43. The van der Waals surface area contributed by atoms with E-state index in [2.05, 4.69) is 5.32 Å². The molecule has 8 nitrogen and oxygen atoms in total. The summed E-state index contributed by atoms with van der Waals surface area (Å²) in [5.41, 5.74) is -0.00718. The first kappa shape index (κ1) is 19.9. The van der Waals surface area contributed by atoms with Crippen LogP contribution in [0.3, 0.4) is 0 Å². The number of hydrogen-bond acceptors (Lipinski definition) is 5. The van der Waals surface area contributed by atoms with Gasteiger partial charge in [0.05, 0.1) is 5.56 Å². The number of carbonyl (C=O) groups excluding carboxylic acids is 2. The zero-order chi connectivity index (χ0) is 19.8. The molecule has 0 spiro atoms. The van der Waals surface area contributed by atoms with Crippen LogP contribution in [0.1, 0.15) is 54.8 Å². The van der Waals surface area contributed by atoms with Crippen LogP contribution < -0.4 is 5.32 Å². The van der Waals surface area contributed by atoms with Crippen molar-refractivity contribution in [3.8, 4) is 0 Å². The molecule has 2 rings (SSSR count). The fourth-order valence-electron chi connectivity index (χ4n) is 2.81. The predicted octanol–water partition coefficient (Wildman–Crippen LogP) is 1.47. The average Bonchev–Trinajstić information content (AvgIpc) is 2.77. The molecular formula is C17H22N2O6S. The normalized spacial score (nSPS) is 17.7. The van der Waals surface area contributed by atoms with Crippen LogP contribution >= 0.6 is 0 Å². The molecule has 1 aromatic rings. The number of amides is 2. The Hall–Kier alpha value is -2.42. The Kier molecular flexibility index (Phi) is 5.41. The van der Waals surface area contributed by atoms with Crippen molar-refractivity contribution in [2.45, 2.75) is 51.1 Å². The molecule has 0 aliphatic carbocycles. The van der Waals surface area contributed by atoms with E-state index < -0.39 is 39.9 Å². The lowest BCUT2D eigenvalue weighted by Crippen LogP contribution is -2.45. The van der Waals surface area contributed by atoms with Crippen molar-refractivity contribution in [3.05, 3.63) is 29.3 Å². The molecule has 0 bridgehead atoms. The zero-order valence-corrected chi connectivity index (χ0v) is 15.8. The Morgan fingerprint density at radius 2 is 1.85 bits per heavy atom. The fraction of sp³-hybridized carbons (Fsp3) is 0.471. The summed E-state index contributed by atoms with van der Waals surface area (Å²) in [5.74, 6) is -2.80. The maximum absolute atomic E-state index is 12.6. The molecule has 2 N–H and O–H groups in total. The van der Waals surface area contributed by atoms with Gasteiger partial charge in [-0.2, -0.15) is 0 Å². The van der Waals surface area contributed by atoms with Crippen LogP contribution in [0.15, 0.2) is 23.1 Å². The molecule has 1 aliphatic heterocycles. The molecule has 1 aliphatic rings. The number of hydrogen-bond donors (Lipinski definition) is 2. The molecule has 2 unspecified atom stereocenters. The molecule has 26 heavy (non-hydrogen) atoms. The van der Waals surface area contributed by atoms with E-state index in [1.165, 1.54) is 12.1 Å². The van der Waals surface area contributed by atoms with Crippen LogP contribution in [0, 0.1) is 5.92 Å². The number of nitrogens with zero attached hydrogens (tertiary/aromatic N) is 1. The molecule has 142 valence electrons. The highest BCUT2D eigenvalue weighted by Crippen LogP contribution is 2.32. The van der Waals surface area contributed by atoms with Gasteiger partial charge in [0.25, 0.3) is 21.8 Å². The first-order valence-electron chi connectivity index (χ1n) is 8.28. The number of fused-ring (bicyclic) bond motifs is 1. The molecule has 0 radical (unpaired) electrons. The Morgan fingerprint density at radius 3 is 2.35 bits per heavy atom. The number of benzene rings is 1. The maximum Gasteiger partial charge on any atom is 0.326 e. The monoisotopic (exact) mass is 382 g/mol. The summed E-state index contributed by atoms with van der Waals surface area (Å²) in [6, 6.07) is 2.08. The van der Waals surface area contributed by atoms with Crippen molar-refractivity contribution in [1.29, 1.82) is 0 Å². The maximum atomic E-state index is 12.6. The highest BCUT2D eigenvalue weighted by molar-refractivity contribution is 7.90. The third kappa shape index (κ3) is 3.31. The zero-order valence-electron chi connectivity index (χ0n) is 15.0. The van der Waals surface area contributed by atoms with Crippen molar-refractivity contribution in [2.75, 3.05) is 0 Å². The minimum absolute atomic E-state index is 0.00645. The van der Waals surface area contributed by atoms with E-state index in [0.29, 0.717) is 6.42 Å². The second kappa shape index (κ2) is 7.06. The molecule has 0 saturated carbocycles. The molecule has 9 heteroatoms. The van der Waals surface area contributed by atoms with Crippen molar-refractivity contribution in [1.82, 2.24) is 9.62 Å². The summed E-state index contributed by atoms with van der Waals surface area (Å²) in [4.78, 5) is 35.8. The lowest BCUT2D eigenvalue weighted by Gasteiger charge is -2.20. The second-order valence-electron chi connectivity index (χ2n) is 6.59. The number of nitrogens with one attached hydrogen (secondary N) is 1. The van der Waals surface area contributed by atoms with E-state index in [1.807, 2.05) is 0 Å². The van der Waals surface area contributed by atoms with E-state index in [-0.39, 0.29) is 21.9 Å². The molecule has 2 amide bonds. The third-order valence-corrected chi connectivity index (χ3v) is 6.44. The van der Waals surface area contributed by atoms with Crippen LogP contribution in [0.4, 0.5) is 0 Å². The standard InChI is InChI=1S/C17H22N2O6S/c1-5-10(4)14(17(22)23)18-15(20)11-6-7-12-13(8-11)26(24,25)19(9(2)3)16(12)21/h6-10,14H,5H2,1-4H3,(H,18,20)(H,22,23). The van der Waals surface area contributed by atoms with Gasteiger partial charge >= 0.3 is 5.97 Å². The molecule has 0 aromatic heterocycles. The van der Waals surface area contributed by atoms with Gasteiger partial charge in [-0.25, -0.2) is 17.5 Å². The summed E-state index contributed by atoms with van der Waals surface area (Å²) in [5, 5.41) is 11.7. The summed E-state index contributed by atoms with van der Waals surface area (Å²) in [6.45, 7) is 6.67. The number of aliphatic carboxylic acids is 1. The van der Waals surface area contributed by atoms with Crippen LogP contribution in [0.5, 0.6) is 0 Å². The molecule has 1 heterocycles. The van der Waals surface area contributed by atoms with Gasteiger partial charge in [0.2, 0.25) is 0 Å². The lowest BCUT2D eigenvalue weighted by molar-refractivity contribution is -0.140. The van der Waals surface area contributed by atoms with Gasteiger partial charge in [-0.15, -0.1) is 0 Å². The molecule has 2 atom stereocenters. The van der Waals surface area contributed by atoms with E-state index in [9.17, 15) is 27.9 Å². The number of carbonyl (C=O) groups is 3. The van der Waals surface area contributed by atoms with Crippen LogP contribution in [-0.2, 0) is 14.8 Å². The molecule has 1 aromatic carbocycles. The minimum atomic E-state index is -4.03. The minimum Gasteiger partial charge on any atom is -0.480 e. The van der Waals surface area contributed by atoms with E-state index in [1.54, 1.807) is 27.7 Å². The number of sulfonamides is 1. The number of carboxylic acids is 1. The van der Waals surface area contributed by atoms with Crippen molar-refractivity contribution in [2.24, 2.45) is 5.92 Å². The van der Waals surface area contributed by atoms with Crippen LogP contribution in [0.25, 0.3) is 0 Å². The Morgan fingerprint density at radius 1 is 1.23 bits per heavy atom. The Bertz CT molecular complexity index is 862. The molecule has 0 saturated heterocycles. The topological polar surface area (TPSA) is 121 Å². The summed E-state index contributed by atoms with van der Waals surface area (Å²) in [7, 11) is -4.03. The van der Waals surface area contributed by atoms with E-state index >= 15 is 0 Å². The van der Waals surface area contributed by atoms with Crippen molar-refractivity contribution >= 4 is 27.8 Å². The number of carboxylic acid groups (broad SMARTS) is 1. The molecular weight excluding hydrogens is 360 g/mol. The van der Waals surface area contributed by atoms with Gasteiger partial charge in [0, 0.05) is 11.6 Å². The Balaban J connectivity index is 2.39. The van der Waals surface area contributed by atoms with E-state index in [4.69, 9.17) is 0 Å². The SMILES string of the molecule is CCC(C)C(NC(=O)c1ccc2c(c1)S(=O)(=O)N(C(C)C)C2=O)C(=O)O. The predicted molar refractivity (Wildman–Crippen MR) is 93.3 cm³/mol. The van der Waals surface area contributed by atoms with Gasteiger partial charge in [-0.1, -0.05) is 20.3 Å². The van der Waals surface area contributed by atoms with Crippen LogP contribution in [-0.4, -0.2) is 47.7 Å². The average molecular weight is 382 g/mol. The van der Waals surface area contributed by atoms with Gasteiger partial charge < -0.3 is 10.4 Å². The first-order chi connectivity index (χ1) is 12.0. The van der Waals surface area contributed by atoms with Crippen molar-refractivity contribution in [3.63, 3.8) is 0 Å². The lowest BCUT2D eigenvalue weighted by atomic mass is 9.99. The first-order valence-corrected chi connectivity index (χ1v) is 9.72. The van der Waals surface area contributed by atoms with Crippen molar-refractivity contribution < 1.29 is 27.9 Å². The fourth-order valence-corrected chi connectivity index (χ4v) is 4.60. The van der Waals surface area contributed by atoms with Gasteiger partial charge in [0.1, 0.15) is 10.9 Å². The summed E-state index contributed by atoms with van der Waals surface area (Å²) >= 11 is 0. The summed E-state index contributed by atoms with van der Waals surface area (Å²) < 4.78 is 25.9. The Labute approximate surface area is 152 Å². The summed E-state index contributed by atoms with van der Waals surface area (Å²) in [6.07, 6.45) is 0.549. The third-order valence-electron chi connectivity index (χ3n) is 4.45. The van der Waals surface area contributed by atoms with Crippen LogP contribution in [0.2, 0.25) is 0 Å². The highest BCUT2D eigenvalue weighted by atomic mass is 32.2. The quantitative estimate of drug-likeness (QED) is 0.768. The largest absolute Gasteiger partial charge is 0.480 e.